The van der Waals surface area contributed by atoms with Crippen molar-refractivity contribution in [2.75, 3.05) is 25.6 Å². The van der Waals surface area contributed by atoms with E-state index in [2.05, 4.69) is 49.5 Å². The van der Waals surface area contributed by atoms with Crippen LogP contribution < -0.4 is 10.1 Å². The predicted octanol–water partition coefficient (Wildman–Crippen LogP) is 3.94. The van der Waals surface area contributed by atoms with Crippen LogP contribution in [0.4, 0.5) is 5.69 Å². The summed E-state index contributed by atoms with van der Waals surface area (Å²) in [5.74, 6) is 0.877. The molecule has 0 heterocycles. The Morgan fingerprint density at radius 1 is 0.905 bits per heavy atom. The summed E-state index contributed by atoms with van der Waals surface area (Å²) in [6, 6.07) is 14.7. The maximum absolute atomic E-state index is 5.55. The molecule has 0 bridgehead atoms. The van der Waals surface area contributed by atoms with E-state index in [9.17, 15) is 0 Å². The Morgan fingerprint density at radius 2 is 1.57 bits per heavy atom. The molecule has 0 saturated heterocycles. The summed E-state index contributed by atoms with van der Waals surface area (Å²) in [5.41, 5.74) is 4.94. The van der Waals surface area contributed by atoms with Crippen LogP contribution in [0.25, 0.3) is 0 Å². The Morgan fingerprint density at radius 3 is 2.19 bits per heavy atom. The predicted molar refractivity (Wildman–Crippen MR) is 87.1 cm³/mol. The topological polar surface area (TPSA) is 30.5 Å². The fourth-order valence-electron chi connectivity index (χ4n) is 2.23. The van der Waals surface area contributed by atoms with Crippen molar-refractivity contribution in [2.24, 2.45) is 0 Å². The van der Waals surface area contributed by atoms with Crippen molar-refractivity contribution in [3.8, 4) is 5.75 Å². The molecule has 0 spiro atoms. The van der Waals surface area contributed by atoms with Crippen molar-refractivity contribution in [1.82, 2.24) is 0 Å². The molecule has 21 heavy (non-hydrogen) atoms. The van der Waals surface area contributed by atoms with Gasteiger partial charge in [0.15, 0.2) is 0 Å². The zero-order chi connectivity index (χ0) is 15.1. The zero-order valence-electron chi connectivity index (χ0n) is 13.0. The molecule has 0 aliphatic heterocycles. The molecule has 0 aliphatic rings. The molecule has 0 unspecified atom stereocenters. The zero-order valence-corrected chi connectivity index (χ0v) is 13.0. The molecule has 3 heteroatoms. The number of aryl methyl sites for hydroxylation is 2. The minimum atomic E-state index is 0.580. The molecule has 0 aromatic heterocycles. The van der Waals surface area contributed by atoms with E-state index in [0.29, 0.717) is 13.2 Å². The average molecular weight is 285 g/mol. The van der Waals surface area contributed by atoms with E-state index in [1.165, 1.54) is 16.7 Å². The highest BCUT2D eigenvalue weighted by Gasteiger charge is 1.98. The van der Waals surface area contributed by atoms with E-state index in [0.717, 1.165) is 18.0 Å². The van der Waals surface area contributed by atoms with Gasteiger partial charge in [0.2, 0.25) is 0 Å². The second kappa shape index (κ2) is 7.70. The first-order valence-corrected chi connectivity index (χ1v) is 7.20. The minimum absolute atomic E-state index is 0.580. The molecule has 0 amide bonds. The van der Waals surface area contributed by atoms with Crippen molar-refractivity contribution in [1.29, 1.82) is 0 Å². The Balaban J connectivity index is 1.88. The van der Waals surface area contributed by atoms with Gasteiger partial charge in [-0.1, -0.05) is 18.2 Å². The first-order valence-electron chi connectivity index (χ1n) is 7.20. The molecule has 0 saturated carbocycles. The monoisotopic (exact) mass is 285 g/mol. The lowest BCUT2D eigenvalue weighted by atomic mass is 10.1. The second-order valence-electron chi connectivity index (χ2n) is 5.22. The number of hydrogen-bond acceptors (Lipinski definition) is 3. The standard InChI is InChI=1S/C18H23NO2/c1-14-10-15(2)12-17(11-14)19-13-16-4-6-18(7-5-16)21-9-8-20-3/h4-7,10-12,19H,8-9,13H2,1-3H3. The van der Waals surface area contributed by atoms with Crippen molar-refractivity contribution >= 4 is 5.69 Å². The number of anilines is 1. The van der Waals surface area contributed by atoms with Crippen LogP contribution in [0.1, 0.15) is 16.7 Å². The van der Waals surface area contributed by atoms with Gasteiger partial charge in [-0.25, -0.2) is 0 Å². The van der Waals surface area contributed by atoms with Crippen LogP contribution in [0, 0.1) is 13.8 Å². The van der Waals surface area contributed by atoms with Gasteiger partial charge in [0, 0.05) is 19.3 Å². The number of methoxy groups -OCH3 is 1. The SMILES string of the molecule is COCCOc1ccc(CNc2cc(C)cc(C)c2)cc1. The lowest BCUT2D eigenvalue weighted by Gasteiger charge is -2.10. The molecule has 2 aromatic rings. The molecule has 0 radical (unpaired) electrons. The minimum Gasteiger partial charge on any atom is -0.491 e. The smallest absolute Gasteiger partial charge is 0.119 e. The molecule has 1 N–H and O–H groups in total. The van der Waals surface area contributed by atoms with E-state index in [4.69, 9.17) is 9.47 Å². The van der Waals surface area contributed by atoms with E-state index in [-0.39, 0.29) is 0 Å². The van der Waals surface area contributed by atoms with Crippen LogP contribution in [0.15, 0.2) is 42.5 Å². The van der Waals surface area contributed by atoms with Gasteiger partial charge >= 0.3 is 0 Å². The largest absolute Gasteiger partial charge is 0.491 e. The molecule has 112 valence electrons. The average Bonchev–Trinajstić information content (AvgIpc) is 2.46. The highest BCUT2D eigenvalue weighted by Crippen LogP contribution is 2.16. The quantitative estimate of drug-likeness (QED) is 0.782. The fraction of sp³-hybridized carbons (Fsp3) is 0.333. The number of nitrogens with one attached hydrogen (secondary N) is 1. The van der Waals surface area contributed by atoms with Crippen molar-refractivity contribution in [3.63, 3.8) is 0 Å². The molecule has 2 rings (SSSR count). The third-order valence-electron chi connectivity index (χ3n) is 3.20. The second-order valence-corrected chi connectivity index (χ2v) is 5.22. The van der Waals surface area contributed by atoms with E-state index < -0.39 is 0 Å². The Hall–Kier alpha value is -2.00. The lowest BCUT2D eigenvalue weighted by Crippen LogP contribution is -2.04. The summed E-state index contributed by atoms with van der Waals surface area (Å²) in [4.78, 5) is 0. The van der Waals surface area contributed by atoms with Gasteiger partial charge in [0.05, 0.1) is 6.61 Å². The van der Waals surface area contributed by atoms with Gasteiger partial charge in [-0.05, 0) is 54.8 Å². The van der Waals surface area contributed by atoms with Crippen LogP contribution in [0.5, 0.6) is 5.75 Å². The third-order valence-corrected chi connectivity index (χ3v) is 3.20. The Bertz CT molecular complexity index is 544. The van der Waals surface area contributed by atoms with Crippen molar-refractivity contribution in [3.05, 3.63) is 59.2 Å². The van der Waals surface area contributed by atoms with Gasteiger partial charge in [-0.2, -0.15) is 0 Å². The van der Waals surface area contributed by atoms with E-state index >= 15 is 0 Å². The summed E-state index contributed by atoms with van der Waals surface area (Å²) in [6.45, 7) is 6.22. The maximum Gasteiger partial charge on any atom is 0.119 e. The molecule has 0 atom stereocenters. The third kappa shape index (κ3) is 5.12. The van der Waals surface area contributed by atoms with E-state index in [1.807, 2.05) is 12.1 Å². The number of hydrogen-bond donors (Lipinski definition) is 1. The molecule has 2 aromatic carbocycles. The first kappa shape index (κ1) is 15.4. The fourth-order valence-corrected chi connectivity index (χ4v) is 2.23. The van der Waals surface area contributed by atoms with Gasteiger partial charge in [0.25, 0.3) is 0 Å². The highest BCUT2D eigenvalue weighted by molar-refractivity contribution is 5.48. The van der Waals surface area contributed by atoms with Gasteiger partial charge in [-0.15, -0.1) is 0 Å². The van der Waals surface area contributed by atoms with Crippen molar-refractivity contribution in [2.45, 2.75) is 20.4 Å². The number of benzene rings is 2. The highest BCUT2D eigenvalue weighted by atomic mass is 16.5. The summed E-state index contributed by atoms with van der Waals surface area (Å²) in [5, 5.41) is 3.45. The summed E-state index contributed by atoms with van der Waals surface area (Å²) >= 11 is 0. The van der Waals surface area contributed by atoms with Gasteiger partial charge in [0.1, 0.15) is 12.4 Å². The van der Waals surface area contributed by atoms with Gasteiger partial charge in [-0.3, -0.25) is 0 Å². The summed E-state index contributed by atoms with van der Waals surface area (Å²) < 4.78 is 10.5. The normalized spacial score (nSPS) is 10.4. The van der Waals surface area contributed by atoms with Crippen LogP contribution >= 0.6 is 0 Å². The summed E-state index contributed by atoms with van der Waals surface area (Å²) in [7, 11) is 1.67. The molecular weight excluding hydrogens is 262 g/mol. The Kier molecular flexibility index (Phi) is 5.64. The maximum atomic E-state index is 5.55. The molecule has 0 fully saturated rings. The number of ether oxygens (including phenoxy) is 2. The lowest BCUT2D eigenvalue weighted by molar-refractivity contribution is 0.146. The molecular formula is C18H23NO2. The van der Waals surface area contributed by atoms with Crippen LogP contribution in [0.2, 0.25) is 0 Å². The van der Waals surface area contributed by atoms with Crippen LogP contribution in [-0.2, 0) is 11.3 Å². The van der Waals surface area contributed by atoms with Gasteiger partial charge < -0.3 is 14.8 Å². The Labute approximate surface area is 126 Å². The van der Waals surface area contributed by atoms with Crippen LogP contribution in [-0.4, -0.2) is 20.3 Å². The van der Waals surface area contributed by atoms with Crippen molar-refractivity contribution < 1.29 is 9.47 Å². The first-order chi connectivity index (χ1) is 10.2. The molecule has 3 nitrogen and oxygen atoms in total. The van der Waals surface area contributed by atoms with E-state index in [1.54, 1.807) is 7.11 Å². The summed E-state index contributed by atoms with van der Waals surface area (Å²) in [6.07, 6.45) is 0. The van der Waals surface area contributed by atoms with Crippen LogP contribution in [0.3, 0.4) is 0 Å². The number of rotatable bonds is 7. The molecule has 0 aliphatic carbocycles.